The highest BCUT2D eigenvalue weighted by molar-refractivity contribution is 5.81. The largest absolute Gasteiger partial charge is 0.475 e. The lowest BCUT2D eigenvalue weighted by atomic mass is 9.68. The molecule has 0 bridgehead atoms. The summed E-state index contributed by atoms with van der Waals surface area (Å²) in [6.45, 7) is 14.1. The molecule has 0 aromatic heterocycles. The van der Waals surface area contributed by atoms with Crippen LogP contribution < -0.4 is 0 Å². The van der Waals surface area contributed by atoms with Crippen LogP contribution in [-0.2, 0) is 18.9 Å². The highest BCUT2D eigenvalue weighted by atomic mass is 16.5. The van der Waals surface area contributed by atoms with Crippen molar-refractivity contribution in [2.24, 2.45) is 56.3 Å². The van der Waals surface area contributed by atoms with Gasteiger partial charge in [-0.05, 0) is 98.7 Å². The van der Waals surface area contributed by atoms with Crippen LogP contribution in [0.3, 0.4) is 0 Å². The Bertz CT molecular complexity index is 915. The van der Waals surface area contributed by atoms with Gasteiger partial charge in [-0.25, -0.2) is 9.98 Å². The molecular weight excluding hydrogens is 524 g/mol. The molecule has 6 rings (SSSR count). The maximum Gasteiger partial charge on any atom is 0.187 e. The van der Waals surface area contributed by atoms with Crippen LogP contribution in [-0.4, -0.2) is 62.5 Å². The second-order valence-electron chi connectivity index (χ2n) is 17.0. The molecule has 6 heteroatoms. The van der Waals surface area contributed by atoms with Crippen molar-refractivity contribution in [2.75, 3.05) is 14.2 Å². The lowest BCUT2D eigenvalue weighted by molar-refractivity contribution is -0.0581. The van der Waals surface area contributed by atoms with Crippen molar-refractivity contribution in [3.8, 4) is 0 Å². The van der Waals surface area contributed by atoms with Crippen molar-refractivity contribution < 1.29 is 18.9 Å². The number of rotatable bonds is 5. The van der Waals surface area contributed by atoms with E-state index in [0.29, 0.717) is 35.8 Å². The van der Waals surface area contributed by atoms with Crippen molar-refractivity contribution in [1.29, 1.82) is 0 Å². The van der Waals surface area contributed by atoms with E-state index in [4.69, 9.17) is 28.9 Å². The maximum atomic E-state index is 6.56. The average molecular weight is 585 g/mol. The van der Waals surface area contributed by atoms with Crippen LogP contribution in [0.4, 0.5) is 0 Å². The van der Waals surface area contributed by atoms with Gasteiger partial charge in [0.15, 0.2) is 11.8 Å². The molecule has 8 atom stereocenters. The number of nitrogens with zero attached hydrogens (tertiary/aromatic N) is 2. The minimum absolute atomic E-state index is 0.223. The van der Waals surface area contributed by atoms with E-state index in [-0.39, 0.29) is 35.2 Å². The Kier molecular flexibility index (Phi) is 8.81. The molecule has 238 valence electrons. The molecule has 0 amide bonds. The molecule has 0 aromatic rings. The number of aliphatic imine (C=N–C) groups is 2. The van der Waals surface area contributed by atoms with Gasteiger partial charge in [0.2, 0.25) is 0 Å². The number of methoxy groups -OCH3 is 2. The Morgan fingerprint density at radius 1 is 0.548 bits per heavy atom. The highest BCUT2D eigenvalue weighted by Gasteiger charge is 2.49. The fourth-order valence-corrected chi connectivity index (χ4v) is 9.87. The molecule has 6 aliphatic rings. The average Bonchev–Trinajstić information content (AvgIpc) is 3.58. The van der Waals surface area contributed by atoms with E-state index in [0.717, 1.165) is 49.3 Å². The molecule has 0 radical (unpaired) electrons. The molecule has 4 aliphatic carbocycles. The molecule has 4 saturated carbocycles. The summed E-state index contributed by atoms with van der Waals surface area (Å²) < 4.78 is 25.0. The Morgan fingerprint density at radius 2 is 0.905 bits per heavy atom. The summed E-state index contributed by atoms with van der Waals surface area (Å²) in [6.07, 6.45) is 15.4. The number of hydrogen-bond acceptors (Lipinski definition) is 6. The summed E-state index contributed by atoms with van der Waals surface area (Å²) in [5, 5.41) is 0. The van der Waals surface area contributed by atoms with Crippen LogP contribution in [0, 0.1) is 46.3 Å². The van der Waals surface area contributed by atoms with Crippen LogP contribution in [0.25, 0.3) is 0 Å². The molecule has 6 nitrogen and oxygen atoms in total. The Balaban J connectivity index is 0.977. The third-order valence-corrected chi connectivity index (χ3v) is 12.5. The minimum Gasteiger partial charge on any atom is -0.475 e. The predicted molar refractivity (Wildman–Crippen MR) is 169 cm³/mol. The monoisotopic (exact) mass is 584 g/mol. The van der Waals surface area contributed by atoms with Crippen molar-refractivity contribution in [1.82, 2.24) is 0 Å². The van der Waals surface area contributed by atoms with E-state index >= 15 is 0 Å². The smallest absolute Gasteiger partial charge is 0.187 e. The molecule has 2 aliphatic heterocycles. The quantitative estimate of drug-likeness (QED) is 0.330. The zero-order valence-corrected chi connectivity index (χ0v) is 27.9. The first-order valence-corrected chi connectivity index (χ1v) is 17.5. The Labute approximate surface area is 256 Å². The fraction of sp³-hybridized carbons (Fsp3) is 0.944. The second-order valence-corrected chi connectivity index (χ2v) is 17.0. The van der Waals surface area contributed by atoms with Gasteiger partial charge >= 0.3 is 0 Å². The van der Waals surface area contributed by atoms with Gasteiger partial charge in [-0.15, -0.1) is 0 Å². The first-order chi connectivity index (χ1) is 19.9. The van der Waals surface area contributed by atoms with Crippen molar-refractivity contribution >= 4 is 11.8 Å². The summed E-state index contributed by atoms with van der Waals surface area (Å²) >= 11 is 0. The van der Waals surface area contributed by atoms with E-state index in [1.54, 1.807) is 0 Å². The molecule has 42 heavy (non-hydrogen) atoms. The van der Waals surface area contributed by atoms with Crippen molar-refractivity contribution in [3.05, 3.63) is 0 Å². The first-order valence-electron chi connectivity index (χ1n) is 17.5. The third kappa shape index (κ3) is 6.19. The molecule has 2 heterocycles. The second kappa shape index (κ2) is 12.0. The maximum absolute atomic E-state index is 6.56. The topological polar surface area (TPSA) is 61.6 Å². The standard InChI is InChI=1S/C36H60N2O4/c1-35(2,3)25-17-27-31(19-29(25)39-7)41-33(37-27)23-13-9-21(10-14-23)22-11-15-24(16-12-22)34-38-28-18-26(36(4,5)6)30(40-8)20-32(28)42-34/h21-32H,9-20H2,1-8H3. The summed E-state index contributed by atoms with van der Waals surface area (Å²) in [4.78, 5) is 10.4. The zero-order chi connectivity index (χ0) is 29.8. The lowest BCUT2D eigenvalue weighted by Crippen LogP contribution is -2.45. The van der Waals surface area contributed by atoms with E-state index in [1.807, 2.05) is 14.2 Å². The fourth-order valence-electron chi connectivity index (χ4n) is 9.87. The van der Waals surface area contributed by atoms with E-state index in [2.05, 4.69) is 41.5 Å². The van der Waals surface area contributed by atoms with Crippen LogP contribution in [0.1, 0.15) is 119 Å². The number of ether oxygens (including phenoxy) is 4. The Hall–Kier alpha value is -1.14. The number of fused-ring (bicyclic) bond motifs is 2. The minimum atomic E-state index is 0.223. The van der Waals surface area contributed by atoms with Gasteiger partial charge in [-0.2, -0.15) is 0 Å². The summed E-state index contributed by atoms with van der Waals surface area (Å²) in [5.41, 5.74) is 0.468. The van der Waals surface area contributed by atoms with Gasteiger partial charge in [-0.1, -0.05) is 41.5 Å². The third-order valence-electron chi connectivity index (χ3n) is 12.5. The van der Waals surface area contributed by atoms with E-state index < -0.39 is 0 Å². The molecule has 0 spiro atoms. The van der Waals surface area contributed by atoms with Gasteiger partial charge in [0.25, 0.3) is 0 Å². The van der Waals surface area contributed by atoms with Gasteiger partial charge in [0.05, 0.1) is 24.3 Å². The van der Waals surface area contributed by atoms with Crippen molar-refractivity contribution in [3.63, 3.8) is 0 Å². The molecule has 0 N–H and O–H groups in total. The molecule has 0 aromatic carbocycles. The van der Waals surface area contributed by atoms with Crippen LogP contribution in [0.15, 0.2) is 9.98 Å². The molecule has 0 saturated heterocycles. The van der Waals surface area contributed by atoms with Crippen LogP contribution >= 0.6 is 0 Å². The van der Waals surface area contributed by atoms with Crippen LogP contribution in [0.2, 0.25) is 0 Å². The summed E-state index contributed by atoms with van der Waals surface area (Å²) in [5.74, 6) is 6.00. The lowest BCUT2D eigenvalue weighted by Gasteiger charge is -2.42. The molecule has 8 unspecified atom stereocenters. The van der Waals surface area contributed by atoms with Crippen LogP contribution in [0.5, 0.6) is 0 Å². The SMILES string of the molecule is COC1CC2OC(C3CCC(C4CCC(C5=NC6CC(C(C)(C)C)C(OC)CC6O5)CC4)CC3)=NC2CC1C(C)(C)C. The number of hydrogen-bond donors (Lipinski definition) is 0. The summed E-state index contributed by atoms with van der Waals surface area (Å²) in [6, 6.07) is 0.654. The molecule has 4 fully saturated rings. The Morgan fingerprint density at radius 3 is 1.21 bits per heavy atom. The zero-order valence-electron chi connectivity index (χ0n) is 27.9. The van der Waals surface area contributed by atoms with E-state index in [9.17, 15) is 0 Å². The van der Waals surface area contributed by atoms with Gasteiger partial charge in [0, 0.05) is 38.9 Å². The predicted octanol–water partition coefficient (Wildman–Crippen LogP) is 7.87. The first kappa shape index (κ1) is 30.9. The van der Waals surface area contributed by atoms with Gasteiger partial charge in [0.1, 0.15) is 12.2 Å². The van der Waals surface area contributed by atoms with Gasteiger partial charge in [-0.3, -0.25) is 0 Å². The molecular formula is C36H60N2O4. The van der Waals surface area contributed by atoms with E-state index in [1.165, 1.54) is 51.4 Å². The van der Waals surface area contributed by atoms with Gasteiger partial charge < -0.3 is 18.9 Å². The normalized spacial score (nSPS) is 44.4. The highest BCUT2D eigenvalue weighted by Crippen LogP contribution is 2.48. The summed E-state index contributed by atoms with van der Waals surface area (Å²) in [7, 11) is 3.74. The van der Waals surface area contributed by atoms with Crippen molar-refractivity contribution in [2.45, 2.75) is 155 Å².